The maximum atomic E-state index is 6.01. The molecule has 1 rings (SSSR count). The van der Waals surface area contributed by atoms with E-state index in [1.165, 1.54) is 0 Å². The van der Waals surface area contributed by atoms with Gasteiger partial charge in [-0.1, -0.05) is 11.6 Å². The quantitative estimate of drug-likeness (QED) is 0.476. The summed E-state index contributed by atoms with van der Waals surface area (Å²) in [5.41, 5.74) is 1.15. The number of guanidine groups is 1. The Bertz CT molecular complexity index is 431. The maximum Gasteiger partial charge on any atom is 0.194 e. The smallest absolute Gasteiger partial charge is 0.194 e. The van der Waals surface area contributed by atoms with Crippen molar-refractivity contribution in [3.05, 3.63) is 23.0 Å². The van der Waals surface area contributed by atoms with Gasteiger partial charge in [-0.25, -0.2) is 0 Å². The fourth-order valence-corrected chi connectivity index (χ4v) is 2.18. The normalized spacial score (nSPS) is 11.8. The first-order valence-corrected chi connectivity index (χ1v) is 7.25. The third-order valence-electron chi connectivity index (χ3n) is 2.94. The minimum absolute atomic E-state index is 0.736. The number of nitrogens with one attached hydrogen (secondary N) is 1. The Balaban J connectivity index is 2.63. The van der Waals surface area contributed by atoms with Crippen LogP contribution < -0.4 is 5.32 Å². The number of rotatable bonds is 7. The average Bonchev–Trinajstić information content (AvgIpc) is 2.71. The lowest BCUT2D eigenvalue weighted by Gasteiger charge is -2.22. The van der Waals surface area contributed by atoms with Crippen LogP contribution >= 0.6 is 11.6 Å². The van der Waals surface area contributed by atoms with Crippen molar-refractivity contribution in [2.75, 3.05) is 33.9 Å². The second-order valence-corrected chi connectivity index (χ2v) is 5.14. The number of aromatic nitrogens is 1. The molecule has 6 heteroatoms. The minimum Gasteiger partial charge on any atom is -0.385 e. The standard InChI is InChI=1S/C14H25ClN4O/c1-5-16-14(17-7-6-8-20-4)19(3)11-13-9-12(15)10-18(13)2/h9-10H,5-8,11H2,1-4H3,(H,16,17). The molecular weight excluding hydrogens is 276 g/mol. The number of ether oxygens (including phenoxy) is 1. The summed E-state index contributed by atoms with van der Waals surface area (Å²) in [4.78, 5) is 6.69. The van der Waals surface area contributed by atoms with E-state index in [4.69, 9.17) is 16.3 Å². The molecule has 0 bridgehead atoms. The summed E-state index contributed by atoms with van der Waals surface area (Å²) in [6.07, 6.45) is 2.84. The molecule has 0 aliphatic rings. The molecule has 0 saturated carbocycles. The zero-order valence-electron chi connectivity index (χ0n) is 12.8. The number of hydrogen-bond acceptors (Lipinski definition) is 2. The molecule has 1 aromatic heterocycles. The van der Waals surface area contributed by atoms with Crippen LogP contribution in [-0.4, -0.2) is 49.3 Å². The molecule has 0 saturated heterocycles. The third-order valence-corrected chi connectivity index (χ3v) is 3.14. The van der Waals surface area contributed by atoms with Crippen molar-refractivity contribution in [3.8, 4) is 0 Å². The Morgan fingerprint density at radius 2 is 2.30 bits per heavy atom. The van der Waals surface area contributed by atoms with E-state index in [2.05, 4.69) is 22.1 Å². The minimum atomic E-state index is 0.736. The summed E-state index contributed by atoms with van der Waals surface area (Å²) in [7, 11) is 5.73. The molecular formula is C14H25ClN4O. The highest BCUT2D eigenvalue weighted by atomic mass is 35.5. The van der Waals surface area contributed by atoms with Crippen molar-refractivity contribution < 1.29 is 4.74 Å². The van der Waals surface area contributed by atoms with Gasteiger partial charge in [0.25, 0.3) is 0 Å². The van der Waals surface area contributed by atoms with Crippen LogP contribution in [0.5, 0.6) is 0 Å². The highest BCUT2D eigenvalue weighted by Gasteiger charge is 2.09. The van der Waals surface area contributed by atoms with Crippen LogP contribution in [0, 0.1) is 0 Å². The van der Waals surface area contributed by atoms with E-state index >= 15 is 0 Å². The highest BCUT2D eigenvalue weighted by Crippen LogP contribution is 2.14. The Morgan fingerprint density at radius 3 is 2.85 bits per heavy atom. The van der Waals surface area contributed by atoms with Gasteiger partial charge in [-0.2, -0.15) is 0 Å². The average molecular weight is 301 g/mol. The van der Waals surface area contributed by atoms with Gasteiger partial charge >= 0.3 is 0 Å². The molecule has 0 atom stereocenters. The predicted molar refractivity (Wildman–Crippen MR) is 84.4 cm³/mol. The molecule has 0 fully saturated rings. The van der Waals surface area contributed by atoms with E-state index in [1.54, 1.807) is 7.11 Å². The van der Waals surface area contributed by atoms with Crippen LogP contribution in [0.3, 0.4) is 0 Å². The summed E-state index contributed by atoms with van der Waals surface area (Å²) in [6.45, 7) is 5.17. The van der Waals surface area contributed by atoms with E-state index in [-0.39, 0.29) is 0 Å². The Labute approximate surface area is 126 Å². The van der Waals surface area contributed by atoms with Crippen LogP contribution in [-0.2, 0) is 18.3 Å². The van der Waals surface area contributed by atoms with Crippen molar-refractivity contribution in [2.45, 2.75) is 19.9 Å². The van der Waals surface area contributed by atoms with Crippen molar-refractivity contribution in [1.82, 2.24) is 14.8 Å². The van der Waals surface area contributed by atoms with Crippen molar-refractivity contribution in [3.63, 3.8) is 0 Å². The van der Waals surface area contributed by atoms with Crippen LogP contribution in [0.4, 0.5) is 0 Å². The fourth-order valence-electron chi connectivity index (χ4n) is 1.90. The molecule has 20 heavy (non-hydrogen) atoms. The molecule has 0 amide bonds. The molecule has 1 heterocycles. The lowest BCUT2D eigenvalue weighted by Crippen LogP contribution is -2.38. The van der Waals surface area contributed by atoms with Gasteiger partial charge in [-0.15, -0.1) is 0 Å². The second-order valence-electron chi connectivity index (χ2n) is 4.70. The Morgan fingerprint density at radius 1 is 1.55 bits per heavy atom. The van der Waals surface area contributed by atoms with Gasteiger partial charge in [-0.05, 0) is 19.4 Å². The van der Waals surface area contributed by atoms with E-state index in [0.717, 1.165) is 49.3 Å². The van der Waals surface area contributed by atoms with E-state index in [1.807, 2.05) is 30.9 Å². The molecule has 0 aliphatic carbocycles. The van der Waals surface area contributed by atoms with Gasteiger partial charge in [-0.3, -0.25) is 4.99 Å². The topological polar surface area (TPSA) is 41.8 Å². The molecule has 0 aromatic carbocycles. The molecule has 0 radical (unpaired) electrons. The van der Waals surface area contributed by atoms with Crippen molar-refractivity contribution in [1.29, 1.82) is 0 Å². The van der Waals surface area contributed by atoms with Crippen LogP contribution in [0.15, 0.2) is 17.3 Å². The first-order chi connectivity index (χ1) is 9.58. The summed E-state index contributed by atoms with van der Waals surface area (Å²) in [5, 5.41) is 4.06. The third kappa shape index (κ3) is 5.43. The first kappa shape index (κ1) is 16.9. The molecule has 1 aromatic rings. The molecule has 1 N–H and O–H groups in total. The second kappa shape index (κ2) is 8.87. The lowest BCUT2D eigenvalue weighted by molar-refractivity contribution is 0.197. The SMILES string of the molecule is CCNC(=NCCCOC)N(C)Cc1cc(Cl)cn1C. The van der Waals surface area contributed by atoms with Crippen LogP contribution in [0.2, 0.25) is 5.02 Å². The van der Waals surface area contributed by atoms with Crippen molar-refractivity contribution in [2.24, 2.45) is 12.0 Å². The van der Waals surface area contributed by atoms with Crippen molar-refractivity contribution >= 4 is 17.6 Å². The number of halogens is 1. The Kier molecular flexibility index (Phi) is 7.47. The number of hydrogen-bond donors (Lipinski definition) is 1. The lowest BCUT2D eigenvalue weighted by atomic mass is 10.4. The molecule has 5 nitrogen and oxygen atoms in total. The number of aliphatic imine (C=N–C) groups is 1. The monoisotopic (exact) mass is 300 g/mol. The molecule has 0 unspecified atom stereocenters. The summed E-state index contributed by atoms with van der Waals surface area (Å²) >= 11 is 6.01. The van der Waals surface area contributed by atoms with Gasteiger partial charge in [0.05, 0.1) is 11.6 Å². The molecule has 0 spiro atoms. The van der Waals surface area contributed by atoms with Gasteiger partial charge in [0.2, 0.25) is 0 Å². The molecule has 0 aliphatic heterocycles. The molecule has 114 valence electrons. The van der Waals surface area contributed by atoms with E-state index in [0.29, 0.717) is 0 Å². The maximum absolute atomic E-state index is 6.01. The highest BCUT2D eigenvalue weighted by molar-refractivity contribution is 6.30. The number of nitrogens with zero attached hydrogens (tertiary/aromatic N) is 3. The zero-order chi connectivity index (χ0) is 15.0. The van der Waals surface area contributed by atoms with E-state index in [9.17, 15) is 0 Å². The van der Waals surface area contributed by atoms with Gasteiger partial charge in [0.15, 0.2) is 5.96 Å². The summed E-state index contributed by atoms with van der Waals surface area (Å²) in [5.74, 6) is 0.904. The van der Waals surface area contributed by atoms with Crippen LogP contribution in [0.1, 0.15) is 19.0 Å². The Hall–Kier alpha value is -1.20. The number of methoxy groups -OCH3 is 1. The predicted octanol–water partition coefficient (Wildman–Crippen LogP) is 2.11. The van der Waals surface area contributed by atoms with E-state index < -0.39 is 0 Å². The summed E-state index contributed by atoms with van der Waals surface area (Å²) in [6, 6.07) is 1.98. The fraction of sp³-hybridized carbons (Fsp3) is 0.643. The number of aryl methyl sites for hydroxylation is 1. The zero-order valence-corrected chi connectivity index (χ0v) is 13.6. The van der Waals surface area contributed by atoms with Gasteiger partial charge in [0, 0.05) is 52.8 Å². The largest absolute Gasteiger partial charge is 0.385 e. The first-order valence-electron chi connectivity index (χ1n) is 6.87. The van der Waals surface area contributed by atoms with Crippen LogP contribution in [0.25, 0.3) is 0 Å². The van der Waals surface area contributed by atoms with Gasteiger partial charge in [0.1, 0.15) is 0 Å². The summed E-state index contributed by atoms with van der Waals surface area (Å²) < 4.78 is 7.07. The van der Waals surface area contributed by atoms with Gasteiger partial charge < -0.3 is 19.5 Å².